The molecule has 0 bridgehead atoms. The van der Waals surface area contributed by atoms with Gasteiger partial charge in [0.15, 0.2) is 5.13 Å². The Bertz CT molecular complexity index is 750. The average Bonchev–Trinajstić information content (AvgIpc) is 2.83. The van der Waals surface area contributed by atoms with Gasteiger partial charge in [-0.1, -0.05) is 0 Å². The van der Waals surface area contributed by atoms with Crippen molar-refractivity contribution in [1.82, 2.24) is 14.5 Å². The number of rotatable bonds is 2. The number of pyridine rings is 1. The molecule has 3 rings (SSSR count). The molecule has 6 nitrogen and oxygen atoms in total. The highest BCUT2D eigenvalue weighted by molar-refractivity contribution is 7.15. The van der Waals surface area contributed by atoms with Crippen LogP contribution in [0.1, 0.15) is 20.9 Å². The zero-order chi connectivity index (χ0) is 15.0. The molecule has 21 heavy (non-hydrogen) atoms. The van der Waals surface area contributed by atoms with Gasteiger partial charge in [0.2, 0.25) is 0 Å². The number of carbonyl (C=O) groups is 1. The first-order valence-corrected chi connectivity index (χ1v) is 7.50. The number of anilines is 1. The Morgan fingerprint density at radius 1 is 1.43 bits per heavy atom. The predicted molar refractivity (Wildman–Crippen MR) is 81.8 cm³/mol. The zero-order valence-corrected chi connectivity index (χ0v) is 12.7. The number of thiazole rings is 1. The SMILES string of the molecule is CN1CCc2nc(NC(=O)c3cccn(C)c3=O)sc2C1. The molecule has 0 fully saturated rings. The lowest BCUT2D eigenvalue weighted by Crippen LogP contribution is -2.27. The first kappa shape index (κ1) is 14.0. The van der Waals surface area contributed by atoms with Gasteiger partial charge in [-0.25, -0.2) is 4.98 Å². The number of aromatic nitrogens is 2. The number of likely N-dealkylation sites (N-methyl/N-ethyl adjacent to an activating group) is 1. The Hall–Kier alpha value is -1.99. The maximum Gasteiger partial charge on any atom is 0.263 e. The maximum atomic E-state index is 12.2. The molecular formula is C14H16N4O2S. The summed E-state index contributed by atoms with van der Waals surface area (Å²) in [5.41, 5.74) is 0.871. The van der Waals surface area contributed by atoms with E-state index >= 15 is 0 Å². The Morgan fingerprint density at radius 3 is 3.05 bits per heavy atom. The van der Waals surface area contributed by atoms with Crippen molar-refractivity contribution in [3.8, 4) is 0 Å². The van der Waals surface area contributed by atoms with Crippen molar-refractivity contribution < 1.29 is 4.79 Å². The molecular weight excluding hydrogens is 288 g/mol. The van der Waals surface area contributed by atoms with Gasteiger partial charge in [-0.3, -0.25) is 14.9 Å². The Kier molecular flexibility index (Phi) is 3.60. The number of fused-ring (bicyclic) bond motifs is 1. The second-order valence-corrected chi connectivity index (χ2v) is 6.25. The highest BCUT2D eigenvalue weighted by Crippen LogP contribution is 2.27. The molecule has 2 aromatic rings. The Labute approximate surface area is 126 Å². The molecule has 1 amide bonds. The summed E-state index contributed by atoms with van der Waals surface area (Å²) in [7, 11) is 3.69. The summed E-state index contributed by atoms with van der Waals surface area (Å²) in [4.78, 5) is 32.0. The predicted octanol–water partition coefficient (Wildman–Crippen LogP) is 1.08. The normalized spacial score (nSPS) is 14.8. The van der Waals surface area contributed by atoms with E-state index in [0.717, 1.165) is 25.2 Å². The first-order chi connectivity index (χ1) is 10.0. The quantitative estimate of drug-likeness (QED) is 0.901. The van der Waals surface area contributed by atoms with Crippen molar-refractivity contribution in [2.75, 3.05) is 18.9 Å². The van der Waals surface area contributed by atoms with E-state index in [1.54, 1.807) is 19.3 Å². The van der Waals surface area contributed by atoms with E-state index in [1.165, 1.54) is 26.8 Å². The van der Waals surface area contributed by atoms with E-state index < -0.39 is 5.91 Å². The van der Waals surface area contributed by atoms with Crippen molar-refractivity contribution in [3.05, 3.63) is 44.8 Å². The van der Waals surface area contributed by atoms with Crippen LogP contribution in [0.15, 0.2) is 23.1 Å². The van der Waals surface area contributed by atoms with Crippen LogP contribution in [0.5, 0.6) is 0 Å². The summed E-state index contributed by atoms with van der Waals surface area (Å²) in [6, 6.07) is 3.21. The van der Waals surface area contributed by atoms with Crippen LogP contribution in [-0.4, -0.2) is 34.0 Å². The van der Waals surface area contributed by atoms with Gasteiger partial charge in [-0.2, -0.15) is 0 Å². The van der Waals surface area contributed by atoms with Gasteiger partial charge in [-0.15, -0.1) is 11.3 Å². The minimum absolute atomic E-state index is 0.130. The number of carbonyl (C=O) groups excluding carboxylic acids is 1. The van der Waals surface area contributed by atoms with E-state index in [2.05, 4.69) is 22.2 Å². The molecule has 110 valence electrons. The van der Waals surface area contributed by atoms with Crippen LogP contribution in [0.4, 0.5) is 5.13 Å². The van der Waals surface area contributed by atoms with Crippen LogP contribution < -0.4 is 10.9 Å². The molecule has 0 aromatic carbocycles. The van der Waals surface area contributed by atoms with Crippen LogP contribution in [0.25, 0.3) is 0 Å². The zero-order valence-electron chi connectivity index (χ0n) is 11.9. The molecule has 0 saturated heterocycles. The summed E-state index contributed by atoms with van der Waals surface area (Å²) in [5.74, 6) is -0.407. The fourth-order valence-corrected chi connectivity index (χ4v) is 3.39. The molecule has 3 heterocycles. The largest absolute Gasteiger partial charge is 0.318 e. The third-order valence-corrected chi connectivity index (χ3v) is 4.51. The maximum absolute atomic E-state index is 12.2. The molecule has 0 unspecified atom stereocenters. The van der Waals surface area contributed by atoms with Gasteiger partial charge in [0, 0.05) is 37.6 Å². The standard InChI is InChI=1S/C14H16N4O2S/c1-17-7-5-10-11(8-17)21-14(15-10)16-12(19)9-4-3-6-18(2)13(9)20/h3-4,6H,5,7-8H2,1-2H3,(H,15,16,19). The van der Waals surface area contributed by atoms with Gasteiger partial charge in [0.25, 0.3) is 11.5 Å². The van der Waals surface area contributed by atoms with Gasteiger partial charge < -0.3 is 9.47 Å². The highest BCUT2D eigenvalue weighted by atomic mass is 32.1. The van der Waals surface area contributed by atoms with E-state index in [1.807, 2.05) is 0 Å². The molecule has 0 radical (unpaired) electrons. The molecule has 0 spiro atoms. The Morgan fingerprint density at radius 2 is 2.24 bits per heavy atom. The molecule has 1 N–H and O–H groups in total. The smallest absolute Gasteiger partial charge is 0.263 e. The van der Waals surface area contributed by atoms with Crippen LogP contribution >= 0.6 is 11.3 Å². The van der Waals surface area contributed by atoms with Crippen molar-refractivity contribution in [3.63, 3.8) is 0 Å². The van der Waals surface area contributed by atoms with Crippen LogP contribution in [0, 0.1) is 0 Å². The Balaban J connectivity index is 1.82. The second-order valence-electron chi connectivity index (χ2n) is 5.17. The summed E-state index contributed by atoms with van der Waals surface area (Å²) >= 11 is 1.48. The number of hydrogen-bond donors (Lipinski definition) is 1. The number of nitrogens with zero attached hydrogens (tertiary/aromatic N) is 3. The lowest BCUT2D eigenvalue weighted by molar-refractivity contribution is 0.102. The monoisotopic (exact) mass is 304 g/mol. The molecule has 2 aromatic heterocycles. The van der Waals surface area contributed by atoms with Gasteiger partial charge in [0.1, 0.15) is 5.56 Å². The molecule has 0 atom stereocenters. The second kappa shape index (κ2) is 5.42. The minimum atomic E-state index is -0.407. The molecule has 1 aliphatic rings. The molecule has 7 heteroatoms. The number of hydrogen-bond acceptors (Lipinski definition) is 5. The number of aryl methyl sites for hydroxylation is 1. The third kappa shape index (κ3) is 2.74. The fourth-order valence-electron chi connectivity index (χ4n) is 2.31. The van der Waals surface area contributed by atoms with Crippen LogP contribution in [-0.2, 0) is 20.0 Å². The fraction of sp³-hybridized carbons (Fsp3) is 0.357. The van der Waals surface area contributed by atoms with Crippen LogP contribution in [0.3, 0.4) is 0 Å². The molecule has 1 aliphatic heterocycles. The van der Waals surface area contributed by atoms with Crippen molar-refractivity contribution >= 4 is 22.4 Å². The molecule has 0 saturated carbocycles. The lowest BCUT2D eigenvalue weighted by Gasteiger charge is -2.20. The van der Waals surface area contributed by atoms with Gasteiger partial charge in [0.05, 0.1) is 5.69 Å². The van der Waals surface area contributed by atoms with Crippen molar-refractivity contribution in [2.45, 2.75) is 13.0 Å². The minimum Gasteiger partial charge on any atom is -0.318 e. The average molecular weight is 304 g/mol. The summed E-state index contributed by atoms with van der Waals surface area (Å²) in [6.45, 7) is 1.83. The number of nitrogens with one attached hydrogen (secondary N) is 1. The van der Waals surface area contributed by atoms with E-state index in [-0.39, 0.29) is 11.1 Å². The first-order valence-electron chi connectivity index (χ1n) is 6.68. The topological polar surface area (TPSA) is 67.2 Å². The summed E-state index contributed by atoms with van der Waals surface area (Å²) < 4.78 is 1.39. The highest BCUT2D eigenvalue weighted by Gasteiger charge is 2.20. The van der Waals surface area contributed by atoms with E-state index in [4.69, 9.17) is 0 Å². The van der Waals surface area contributed by atoms with Crippen LogP contribution in [0.2, 0.25) is 0 Å². The summed E-state index contributed by atoms with van der Waals surface area (Å²) in [5, 5.41) is 3.30. The van der Waals surface area contributed by atoms with E-state index in [9.17, 15) is 9.59 Å². The number of amides is 1. The van der Waals surface area contributed by atoms with Gasteiger partial charge >= 0.3 is 0 Å². The molecule has 0 aliphatic carbocycles. The van der Waals surface area contributed by atoms with Crippen molar-refractivity contribution in [1.29, 1.82) is 0 Å². The van der Waals surface area contributed by atoms with Crippen molar-refractivity contribution in [2.24, 2.45) is 7.05 Å². The third-order valence-electron chi connectivity index (χ3n) is 3.51. The van der Waals surface area contributed by atoms with Gasteiger partial charge in [-0.05, 0) is 19.2 Å². The summed E-state index contributed by atoms with van der Waals surface area (Å²) in [6.07, 6.45) is 2.52. The lowest BCUT2D eigenvalue weighted by atomic mass is 10.2. The van der Waals surface area contributed by atoms with E-state index in [0.29, 0.717) is 5.13 Å².